The molecule has 1 amide bonds. The quantitative estimate of drug-likeness (QED) is 0.734. The number of carbonyl (C=O) groups is 1. The van der Waals surface area contributed by atoms with Crippen LogP contribution in [0.4, 0.5) is 0 Å². The Morgan fingerprint density at radius 2 is 1.89 bits per heavy atom. The first-order valence-corrected chi connectivity index (χ1v) is 6.50. The molecule has 0 saturated carbocycles. The summed E-state index contributed by atoms with van der Waals surface area (Å²) in [4.78, 5) is 12.9. The van der Waals surface area contributed by atoms with Crippen molar-refractivity contribution in [3.63, 3.8) is 0 Å². The van der Waals surface area contributed by atoms with E-state index >= 15 is 0 Å². The van der Waals surface area contributed by atoms with Crippen molar-refractivity contribution in [3.8, 4) is 0 Å². The number of thiol groups is 1. The van der Waals surface area contributed by atoms with Crippen LogP contribution in [0.1, 0.15) is 37.6 Å². The van der Waals surface area contributed by atoms with E-state index in [0.717, 1.165) is 4.90 Å². The van der Waals surface area contributed by atoms with Crippen molar-refractivity contribution < 1.29 is 9.90 Å². The lowest BCUT2D eigenvalue weighted by atomic mass is 9.85. The molecule has 18 heavy (non-hydrogen) atoms. The summed E-state index contributed by atoms with van der Waals surface area (Å²) in [7, 11) is 0. The number of nitrogens with one attached hydrogen (secondary N) is 1. The third-order valence-corrected chi connectivity index (χ3v) is 3.20. The lowest BCUT2D eigenvalue weighted by Gasteiger charge is -2.31. The molecule has 3 nitrogen and oxygen atoms in total. The van der Waals surface area contributed by atoms with Gasteiger partial charge in [0.15, 0.2) is 0 Å². The fourth-order valence-electron chi connectivity index (χ4n) is 1.71. The van der Waals surface area contributed by atoms with Crippen LogP contribution < -0.4 is 5.32 Å². The van der Waals surface area contributed by atoms with Gasteiger partial charge >= 0.3 is 0 Å². The normalized spacial score (nSPS) is 13.2. The summed E-state index contributed by atoms with van der Waals surface area (Å²) in [5.41, 5.74) is 0.530. The first-order chi connectivity index (χ1) is 8.34. The summed E-state index contributed by atoms with van der Waals surface area (Å²) in [5.74, 6) is -0.114. The van der Waals surface area contributed by atoms with Crippen LogP contribution in [0, 0.1) is 5.41 Å². The van der Waals surface area contributed by atoms with Gasteiger partial charge in [-0.15, -0.1) is 12.6 Å². The van der Waals surface area contributed by atoms with Crippen molar-refractivity contribution in [2.24, 2.45) is 5.41 Å². The Balaban J connectivity index is 2.75. The summed E-state index contributed by atoms with van der Waals surface area (Å²) in [6.07, 6.45) is 0.555. The zero-order valence-electron chi connectivity index (χ0n) is 11.1. The van der Waals surface area contributed by atoms with Gasteiger partial charge in [-0.25, -0.2) is 0 Å². The van der Waals surface area contributed by atoms with Crippen LogP contribution in [0.3, 0.4) is 0 Å². The minimum absolute atomic E-state index is 0.0503. The SMILES string of the molecule is CC(C)(C)C(CCO)NC(=O)c1ccc(S)cc1. The summed E-state index contributed by atoms with van der Waals surface area (Å²) in [6.45, 7) is 6.21. The zero-order valence-corrected chi connectivity index (χ0v) is 12.0. The molecule has 0 heterocycles. The molecule has 2 N–H and O–H groups in total. The van der Waals surface area contributed by atoms with E-state index in [1.165, 1.54) is 0 Å². The molecule has 1 atom stereocenters. The standard InChI is InChI=1S/C14H21NO2S/c1-14(2,3)12(8-9-16)15-13(17)10-4-6-11(18)7-5-10/h4-7,12,16,18H,8-9H2,1-3H3,(H,15,17). The number of rotatable bonds is 4. The van der Waals surface area contributed by atoms with Crippen molar-refractivity contribution in [3.05, 3.63) is 29.8 Å². The van der Waals surface area contributed by atoms with E-state index in [0.29, 0.717) is 12.0 Å². The molecule has 1 aromatic carbocycles. The minimum Gasteiger partial charge on any atom is -0.396 e. The third-order valence-electron chi connectivity index (χ3n) is 2.90. The van der Waals surface area contributed by atoms with Gasteiger partial charge in [-0.2, -0.15) is 0 Å². The van der Waals surface area contributed by atoms with E-state index in [1.54, 1.807) is 24.3 Å². The first kappa shape index (κ1) is 15.1. The Hall–Kier alpha value is -1.00. The zero-order chi connectivity index (χ0) is 13.8. The average Bonchev–Trinajstić information content (AvgIpc) is 2.28. The Bertz CT molecular complexity index is 395. The van der Waals surface area contributed by atoms with Crippen molar-refractivity contribution >= 4 is 18.5 Å². The molecule has 0 saturated heterocycles. The summed E-state index contributed by atoms with van der Waals surface area (Å²) in [5, 5.41) is 12.0. The van der Waals surface area contributed by atoms with Gasteiger partial charge in [0.25, 0.3) is 5.91 Å². The molecule has 0 aromatic heterocycles. The number of aliphatic hydroxyl groups excluding tert-OH is 1. The third kappa shape index (κ3) is 4.35. The van der Waals surface area contributed by atoms with Gasteiger partial charge in [-0.3, -0.25) is 4.79 Å². The summed E-state index contributed by atoms with van der Waals surface area (Å²) < 4.78 is 0. The van der Waals surface area contributed by atoms with Gasteiger partial charge in [-0.05, 0) is 36.1 Å². The van der Waals surface area contributed by atoms with E-state index in [9.17, 15) is 4.79 Å². The van der Waals surface area contributed by atoms with Gasteiger partial charge < -0.3 is 10.4 Å². The molecular weight excluding hydrogens is 246 g/mol. The highest BCUT2D eigenvalue weighted by Crippen LogP contribution is 2.22. The molecule has 0 bridgehead atoms. The van der Waals surface area contributed by atoms with Gasteiger partial charge in [-0.1, -0.05) is 20.8 Å². The fourth-order valence-corrected chi connectivity index (χ4v) is 1.85. The van der Waals surface area contributed by atoms with Crippen LogP contribution in [-0.2, 0) is 0 Å². The number of carbonyl (C=O) groups excluding carboxylic acids is 1. The molecule has 1 unspecified atom stereocenters. The highest BCUT2D eigenvalue weighted by atomic mass is 32.1. The van der Waals surface area contributed by atoms with Crippen LogP contribution in [-0.4, -0.2) is 23.7 Å². The van der Waals surface area contributed by atoms with Crippen molar-refractivity contribution in [1.29, 1.82) is 0 Å². The monoisotopic (exact) mass is 267 g/mol. The minimum atomic E-state index is -0.114. The molecule has 0 radical (unpaired) electrons. The second-order valence-corrected chi connectivity index (χ2v) is 5.97. The number of benzene rings is 1. The molecule has 0 aliphatic rings. The predicted octanol–water partition coefficient (Wildman–Crippen LogP) is 2.50. The number of aliphatic hydroxyl groups is 1. The van der Waals surface area contributed by atoms with Crippen LogP contribution in [0.15, 0.2) is 29.2 Å². The maximum absolute atomic E-state index is 12.1. The Labute approximate surface area is 114 Å². The Morgan fingerprint density at radius 1 is 1.33 bits per heavy atom. The molecule has 0 spiro atoms. The lowest BCUT2D eigenvalue weighted by Crippen LogP contribution is -2.44. The molecule has 1 rings (SSSR count). The smallest absolute Gasteiger partial charge is 0.251 e. The van der Waals surface area contributed by atoms with Crippen LogP contribution >= 0.6 is 12.6 Å². The van der Waals surface area contributed by atoms with E-state index in [2.05, 4.69) is 17.9 Å². The number of hydrogen-bond donors (Lipinski definition) is 3. The molecule has 0 aliphatic carbocycles. The topological polar surface area (TPSA) is 49.3 Å². The average molecular weight is 267 g/mol. The molecule has 1 aromatic rings. The van der Waals surface area contributed by atoms with E-state index < -0.39 is 0 Å². The summed E-state index contributed by atoms with van der Waals surface area (Å²) >= 11 is 4.18. The largest absolute Gasteiger partial charge is 0.396 e. The highest BCUT2D eigenvalue weighted by Gasteiger charge is 2.25. The Kier molecular flexibility index (Phi) is 5.23. The van der Waals surface area contributed by atoms with Crippen LogP contribution in [0.2, 0.25) is 0 Å². The maximum Gasteiger partial charge on any atom is 0.251 e. The van der Waals surface area contributed by atoms with Crippen LogP contribution in [0.25, 0.3) is 0 Å². The molecular formula is C14H21NO2S. The molecule has 100 valence electrons. The molecule has 0 fully saturated rings. The summed E-state index contributed by atoms with van der Waals surface area (Å²) in [6, 6.07) is 7.02. The number of amides is 1. The van der Waals surface area contributed by atoms with Crippen molar-refractivity contribution in [1.82, 2.24) is 5.32 Å². The second kappa shape index (κ2) is 6.25. The highest BCUT2D eigenvalue weighted by molar-refractivity contribution is 7.80. The van der Waals surface area contributed by atoms with Crippen molar-refractivity contribution in [2.75, 3.05) is 6.61 Å². The van der Waals surface area contributed by atoms with E-state index in [1.807, 2.05) is 20.8 Å². The van der Waals surface area contributed by atoms with Gasteiger partial charge in [0.2, 0.25) is 0 Å². The van der Waals surface area contributed by atoms with E-state index in [-0.39, 0.29) is 24.0 Å². The molecule has 0 aliphatic heterocycles. The lowest BCUT2D eigenvalue weighted by molar-refractivity contribution is 0.0885. The van der Waals surface area contributed by atoms with E-state index in [4.69, 9.17) is 5.11 Å². The molecule has 4 heteroatoms. The van der Waals surface area contributed by atoms with Crippen molar-refractivity contribution in [2.45, 2.75) is 38.1 Å². The first-order valence-electron chi connectivity index (χ1n) is 6.05. The van der Waals surface area contributed by atoms with Gasteiger partial charge in [0.05, 0.1) is 0 Å². The maximum atomic E-state index is 12.1. The number of hydrogen-bond acceptors (Lipinski definition) is 3. The van der Waals surface area contributed by atoms with Crippen LogP contribution in [0.5, 0.6) is 0 Å². The van der Waals surface area contributed by atoms with Gasteiger partial charge in [0.1, 0.15) is 0 Å². The Morgan fingerprint density at radius 3 is 2.33 bits per heavy atom. The fraction of sp³-hybridized carbons (Fsp3) is 0.500. The predicted molar refractivity (Wildman–Crippen MR) is 76.1 cm³/mol. The van der Waals surface area contributed by atoms with Gasteiger partial charge in [0, 0.05) is 23.1 Å². The second-order valence-electron chi connectivity index (χ2n) is 5.45.